The van der Waals surface area contributed by atoms with E-state index in [0.717, 1.165) is 25.2 Å². The number of rotatable bonds is 1. The number of fused-ring (bicyclic) bond motifs is 1. The first-order valence-electron chi connectivity index (χ1n) is 4.97. The second-order valence-electron chi connectivity index (χ2n) is 4.26. The highest BCUT2D eigenvalue weighted by Crippen LogP contribution is 2.27. The molecule has 0 fully saturated rings. The van der Waals surface area contributed by atoms with Crippen LogP contribution in [0.1, 0.15) is 34.6 Å². The number of carbonyl (C=O) groups is 1. The van der Waals surface area contributed by atoms with Crippen molar-refractivity contribution in [3.05, 3.63) is 23.0 Å². The Morgan fingerprint density at radius 2 is 2.29 bits per heavy atom. The van der Waals surface area contributed by atoms with E-state index in [9.17, 15) is 4.79 Å². The molecule has 0 saturated heterocycles. The van der Waals surface area contributed by atoms with E-state index in [2.05, 4.69) is 30.4 Å². The van der Waals surface area contributed by atoms with Gasteiger partial charge >= 0.3 is 0 Å². The number of hydrogen-bond acceptors (Lipinski definition) is 2. The number of likely N-dealkylation sites (N-methyl/N-ethyl adjacent to an activating group) is 1. The Morgan fingerprint density at radius 1 is 1.57 bits per heavy atom. The summed E-state index contributed by atoms with van der Waals surface area (Å²) in [5.41, 5.74) is 3.37. The summed E-state index contributed by atoms with van der Waals surface area (Å²) >= 11 is 0. The van der Waals surface area contributed by atoms with Crippen LogP contribution in [0.2, 0.25) is 0 Å². The molecule has 1 aliphatic rings. The second-order valence-corrected chi connectivity index (χ2v) is 4.26. The molecule has 0 spiro atoms. The Morgan fingerprint density at radius 3 is 2.93 bits per heavy atom. The third-order valence-electron chi connectivity index (χ3n) is 2.93. The fourth-order valence-corrected chi connectivity index (χ4v) is 2.49. The van der Waals surface area contributed by atoms with Gasteiger partial charge in [0.15, 0.2) is 6.29 Å². The van der Waals surface area contributed by atoms with Gasteiger partial charge in [0.1, 0.15) is 0 Å². The van der Waals surface area contributed by atoms with Crippen molar-refractivity contribution < 1.29 is 4.79 Å². The standard InChI is InChI=1S/C11H16N2O/c1-8-4-10(6-14)13-7-12(3)5-9(2)11(8)13/h4,6,9H,5,7H2,1-3H3. The van der Waals surface area contributed by atoms with Gasteiger partial charge in [-0.3, -0.25) is 9.69 Å². The lowest BCUT2D eigenvalue weighted by Gasteiger charge is -2.31. The molecular formula is C11H16N2O. The fraction of sp³-hybridized carbons (Fsp3) is 0.545. The predicted octanol–water partition coefficient (Wildman–Crippen LogP) is 1.62. The lowest BCUT2D eigenvalue weighted by molar-refractivity contribution is 0.110. The smallest absolute Gasteiger partial charge is 0.166 e. The zero-order chi connectivity index (χ0) is 10.3. The largest absolute Gasteiger partial charge is 0.328 e. The molecule has 1 atom stereocenters. The van der Waals surface area contributed by atoms with Crippen molar-refractivity contribution in [1.29, 1.82) is 0 Å². The molecule has 76 valence electrons. The van der Waals surface area contributed by atoms with Crippen molar-refractivity contribution in [2.75, 3.05) is 13.6 Å². The fourth-order valence-electron chi connectivity index (χ4n) is 2.49. The van der Waals surface area contributed by atoms with E-state index in [1.807, 2.05) is 6.07 Å². The summed E-state index contributed by atoms with van der Waals surface area (Å²) < 4.78 is 2.12. The average molecular weight is 192 g/mol. The molecule has 1 aromatic heterocycles. The quantitative estimate of drug-likeness (QED) is 0.632. The molecule has 0 aliphatic carbocycles. The second kappa shape index (κ2) is 3.24. The predicted molar refractivity (Wildman–Crippen MR) is 55.6 cm³/mol. The molecule has 3 heteroatoms. The molecule has 0 aromatic carbocycles. The zero-order valence-electron chi connectivity index (χ0n) is 8.95. The summed E-state index contributed by atoms with van der Waals surface area (Å²) in [6, 6.07) is 1.98. The van der Waals surface area contributed by atoms with E-state index in [1.54, 1.807) is 0 Å². The molecule has 0 N–H and O–H groups in total. The van der Waals surface area contributed by atoms with E-state index in [4.69, 9.17) is 0 Å². The Labute approximate surface area is 84.3 Å². The van der Waals surface area contributed by atoms with Gasteiger partial charge in [-0.05, 0) is 25.6 Å². The molecule has 1 aliphatic heterocycles. The number of aldehydes is 1. The van der Waals surface area contributed by atoms with Crippen LogP contribution < -0.4 is 0 Å². The van der Waals surface area contributed by atoms with Crippen LogP contribution in [0.5, 0.6) is 0 Å². The first-order valence-corrected chi connectivity index (χ1v) is 4.97. The third-order valence-corrected chi connectivity index (χ3v) is 2.93. The third kappa shape index (κ3) is 1.28. The van der Waals surface area contributed by atoms with Gasteiger partial charge in [0.05, 0.1) is 12.4 Å². The number of carbonyl (C=O) groups excluding carboxylic acids is 1. The molecule has 0 bridgehead atoms. The van der Waals surface area contributed by atoms with Crippen LogP contribution in [-0.4, -0.2) is 29.3 Å². The molecule has 0 radical (unpaired) electrons. The average Bonchev–Trinajstić information content (AvgIpc) is 2.42. The van der Waals surface area contributed by atoms with Crippen LogP contribution in [0.3, 0.4) is 0 Å². The molecule has 14 heavy (non-hydrogen) atoms. The van der Waals surface area contributed by atoms with E-state index >= 15 is 0 Å². The SMILES string of the molecule is Cc1cc(C=O)n2c1C(C)CN(C)C2. The van der Waals surface area contributed by atoms with Crippen molar-refractivity contribution >= 4 is 6.29 Å². The van der Waals surface area contributed by atoms with Crippen molar-refractivity contribution in [3.8, 4) is 0 Å². The van der Waals surface area contributed by atoms with Crippen LogP contribution >= 0.6 is 0 Å². The summed E-state index contributed by atoms with van der Waals surface area (Å²) in [5, 5.41) is 0. The summed E-state index contributed by atoms with van der Waals surface area (Å²) in [6.07, 6.45) is 0.947. The van der Waals surface area contributed by atoms with Crippen LogP contribution in [0.15, 0.2) is 6.07 Å². The number of hydrogen-bond donors (Lipinski definition) is 0. The summed E-state index contributed by atoms with van der Waals surface area (Å²) in [6.45, 7) is 6.20. The number of aryl methyl sites for hydroxylation is 1. The van der Waals surface area contributed by atoms with E-state index in [-0.39, 0.29) is 0 Å². The molecular weight excluding hydrogens is 176 g/mol. The van der Waals surface area contributed by atoms with Crippen LogP contribution in [-0.2, 0) is 6.67 Å². The Hall–Kier alpha value is -1.09. The van der Waals surface area contributed by atoms with E-state index < -0.39 is 0 Å². The van der Waals surface area contributed by atoms with E-state index in [0.29, 0.717) is 5.92 Å². The monoisotopic (exact) mass is 192 g/mol. The zero-order valence-corrected chi connectivity index (χ0v) is 8.95. The first-order chi connectivity index (χ1) is 6.63. The maximum atomic E-state index is 10.9. The van der Waals surface area contributed by atoms with Crippen LogP contribution in [0.25, 0.3) is 0 Å². The summed E-state index contributed by atoms with van der Waals surface area (Å²) in [7, 11) is 2.09. The molecule has 0 amide bonds. The Bertz CT molecular complexity index is 368. The molecule has 1 aromatic rings. The van der Waals surface area contributed by atoms with Gasteiger partial charge in [-0.15, -0.1) is 0 Å². The highest BCUT2D eigenvalue weighted by atomic mass is 16.1. The van der Waals surface area contributed by atoms with Gasteiger partial charge < -0.3 is 4.57 Å². The van der Waals surface area contributed by atoms with Gasteiger partial charge in [-0.25, -0.2) is 0 Å². The number of nitrogens with zero attached hydrogens (tertiary/aromatic N) is 2. The summed E-state index contributed by atoms with van der Waals surface area (Å²) in [5.74, 6) is 0.516. The maximum Gasteiger partial charge on any atom is 0.166 e. The van der Waals surface area contributed by atoms with Gasteiger partial charge in [0.25, 0.3) is 0 Å². The first kappa shape index (κ1) is 9.46. The Balaban J connectivity index is 2.54. The molecule has 3 nitrogen and oxygen atoms in total. The summed E-state index contributed by atoms with van der Waals surface area (Å²) in [4.78, 5) is 13.1. The normalized spacial score (nSPS) is 22.1. The maximum absolute atomic E-state index is 10.9. The minimum atomic E-state index is 0.516. The Kier molecular flexibility index (Phi) is 2.19. The van der Waals surface area contributed by atoms with Gasteiger partial charge in [0.2, 0.25) is 0 Å². The topological polar surface area (TPSA) is 25.2 Å². The van der Waals surface area contributed by atoms with Gasteiger partial charge in [0, 0.05) is 18.2 Å². The molecule has 2 rings (SSSR count). The van der Waals surface area contributed by atoms with Crippen molar-refractivity contribution in [1.82, 2.24) is 9.47 Å². The molecule has 1 unspecified atom stereocenters. The van der Waals surface area contributed by atoms with Gasteiger partial charge in [-0.1, -0.05) is 6.92 Å². The van der Waals surface area contributed by atoms with Crippen molar-refractivity contribution in [2.24, 2.45) is 0 Å². The van der Waals surface area contributed by atoms with Crippen molar-refractivity contribution in [3.63, 3.8) is 0 Å². The van der Waals surface area contributed by atoms with Gasteiger partial charge in [-0.2, -0.15) is 0 Å². The van der Waals surface area contributed by atoms with Crippen LogP contribution in [0.4, 0.5) is 0 Å². The molecule has 0 saturated carbocycles. The van der Waals surface area contributed by atoms with Crippen molar-refractivity contribution in [2.45, 2.75) is 26.4 Å². The minimum Gasteiger partial charge on any atom is -0.328 e. The lowest BCUT2D eigenvalue weighted by Crippen LogP contribution is -2.34. The molecule has 2 heterocycles. The lowest BCUT2D eigenvalue weighted by atomic mass is 10.0. The van der Waals surface area contributed by atoms with Crippen LogP contribution in [0, 0.1) is 6.92 Å². The highest BCUT2D eigenvalue weighted by Gasteiger charge is 2.23. The highest BCUT2D eigenvalue weighted by molar-refractivity contribution is 5.73. The minimum absolute atomic E-state index is 0.516. The van der Waals surface area contributed by atoms with E-state index in [1.165, 1.54) is 11.3 Å². The number of aromatic nitrogens is 1.